The zero-order chi connectivity index (χ0) is 16.2. The molecule has 120 valence electrons. The van der Waals surface area contributed by atoms with E-state index in [2.05, 4.69) is 38.1 Å². The van der Waals surface area contributed by atoms with Gasteiger partial charge in [0, 0.05) is 18.7 Å². The molecule has 1 amide bonds. The molecule has 0 unspecified atom stereocenters. The summed E-state index contributed by atoms with van der Waals surface area (Å²) in [7, 11) is 0. The van der Waals surface area contributed by atoms with Crippen LogP contribution in [0.5, 0.6) is 0 Å². The van der Waals surface area contributed by atoms with Crippen molar-refractivity contribution in [2.45, 2.75) is 38.5 Å². The first-order chi connectivity index (χ1) is 11.2. The molecule has 2 nitrogen and oxygen atoms in total. The fourth-order valence-electron chi connectivity index (χ4n) is 3.57. The summed E-state index contributed by atoms with van der Waals surface area (Å²) in [5, 5.41) is 0. The van der Waals surface area contributed by atoms with Crippen molar-refractivity contribution in [1.82, 2.24) is 4.90 Å². The fourth-order valence-corrected chi connectivity index (χ4v) is 3.57. The van der Waals surface area contributed by atoms with E-state index in [9.17, 15) is 4.79 Å². The van der Waals surface area contributed by atoms with Crippen LogP contribution in [0, 0.1) is 0 Å². The molecule has 1 fully saturated rings. The number of rotatable bonds is 3. The van der Waals surface area contributed by atoms with Crippen LogP contribution in [0.1, 0.15) is 60.0 Å². The molecule has 0 bridgehead atoms. The summed E-state index contributed by atoms with van der Waals surface area (Å²) in [6, 6.07) is 18.4. The summed E-state index contributed by atoms with van der Waals surface area (Å²) in [4.78, 5) is 14.5. The van der Waals surface area contributed by atoms with Crippen molar-refractivity contribution in [2.24, 2.45) is 0 Å². The van der Waals surface area contributed by atoms with Crippen LogP contribution in [0.2, 0.25) is 0 Å². The second-order valence-corrected chi connectivity index (χ2v) is 6.72. The molecule has 1 aliphatic heterocycles. The van der Waals surface area contributed by atoms with Crippen LogP contribution in [-0.4, -0.2) is 23.9 Å². The van der Waals surface area contributed by atoms with E-state index in [0.29, 0.717) is 11.8 Å². The molecule has 0 aliphatic carbocycles. The molecule has 0 radical (unpaired) electrons. The lowest BCUT2D eigenvalue weighted by molar-refractivity contribution is 0.0713. The van der Waals surface area contributed by atoms with E-state index in [1.54, 1.807) is 0 Å². The normalized spacial score (nSPS) is 15.9. The van der Waals surface area contributed by atoms with Gasteiger partial charge in [-0.2, -0.15) is 0 Å². The standard InChI is InChI=1S/C21H25NO/c1-16(2)19-10-6-7-11-20(19)17-12-14-22(15-13-17)21(23)18-8-4-3-5-9-18/h3-11,16-17H,12-15H2,1-2H3. The van der Waals surface area contributed by atoms with Gasteiger partial charge >= 0.3 is 0 Å². The zero-order valence-corrected chi connectivity index (χ0v) is 14.0. The molecule has 2 aromatic rings. The van der Waals surface area contributed by atoms with Crippen molar-refractivity contribution < 1.29 is 4.79 Å². The summed E-state index contributed by atoms with van der Waals surface area (Å²) in [5.74, 6) is 1.30. The number of hydrogen-bond acceptors (Lipinski definition) is 1. The van der Waals surface area contributed by atoms with Gasteiger partial charge in [-0.05, 0) is 47.9 Å². The Kier molecular flexibility index (Phi) is 4.80. The molecule has 23 heavy (non-hydrogen) atoms. The molecular weight excluding hydrogens is 282 g/mol. The van der Waals surface area contributed by atoms with E-state index in [-0.39, 0.29) is 5.91 Å². The molecule has 0 saturated carbocycles. The van der Waals surface area contributed by atoms with E-state index in [1.165, 1.54) is 11.1 Å². The minimum absolute atomic E-state index is 0.168. The van der Waals surface area contributed by atoms with Gasteiger partial charge in [0.1, 0.15) is 0 Å². The number of hydrogen-bond donors (Lipinski definition) is 0. The van der Waals surface area contributed by atoms with Crippen LogP contribution < -0.4 is 0 Å². The maximum Gasteiger partial charge on any atom is 0.253 e. The average molecular weight is 307 g/mol. The minimum Gasteiger partial charge on any atom is -0.339 e. The number of likely N-dealkylation sites (tertiary alicyclic amines) is 1. The largest absolute Gasteiger partial charge is 0.339 e. The van der Waals surface area contributed by atoms with E-state index in [0.717, 1.165) is 31.5 Å². The summed E-state index contributed by atoms with van der Waals surface area (Å²) < 4.78 is 0. The third kappa shape index (κ3) is 3.47. The SMILES string of the molecule is CC(C)c1ccccc1C1CCN(C(=O)c2ccccc2)CC1. The van der Waals surface area contributed by atoms with Crippen molar-refractivity contribution >= 4 is 5.91 Å². The van der Waals surface area contributed by atoms with Crippen LogP contribution in [0.4, 0.5) is 0 Å². The number of nitrogens with zero attached hydrogens (tertiary/aromatic N) is 1. The fraction of sp³-hybridized carbons (Fsp3) is 0.381. The number of carbonyl (C=O) groups excluding carboxylic acids is 1. The first kappa shape index (κ1) is 15.8. The van der Waals surface area contributed by atoms with E-state index in [4.69, 9.17) is 0 Å². The number of benzene rings is 2. The highest BCUT2D eigenvalue weighted by atomic mass is 16.2. The molecule has 1 heterocycles. The van der Waals surface area contributed by atoms with Gasteiger partial charge in [0.2, 0.25) is 0 Å². The van der Waals surface area contributed by atoms with Crippen LogP contribution in [0.3, 0.4) is 0 Å². The van der Waals surface area contributed by atoms with Gasteiger partial charge in [0.15, 0.2) is 0 Å². The van der Waals surface area contributed by atoms with Crippen molar-refractivity contribution in [3.63, 3.8) is 0 Å². The van der Waals surface area contributed by atoms with Crippen LogP contribution in [0.25, 0.3) is 0 Å². The molecule has 1 aliphatic rings. The zero-order valence-electron chi connectivity index (χ0n) is 14.0. The van der Waals surface area contributed by atoms with E-state index in [1.807, 2.05) is 35.2 Å². The van der Waals surface area contributed by atoms with Gasteiger partial charge in [0.25, 0.3) is 5.91 Å². The Bertz CT molecular complexity index is 655. The third-order valence-corrected chi connectivity index (χ3v) is 4.86. The summed E-state index contributed by atoms with van der Waals surface area (Å²) in [6.07, 6.45) is 2.12. The molecule has 2 aromatic carbocycles. The Balaban J connectivity index is 1.68. The number of carbonyl (C=O) groups is 1. The molecule has 2 heteroatoms. The molecular formula is C21H25NO. The quantitative estimate of drug-likeness (QED) is 0.795. The Labute approximate surface area is 139 Å². The highest BCUT2D eigenvalue weighted by Crippen LogP contribution is 2.33. The Morgan fingerprint density at radius 3 is 2.22 bits per heavy atom. The number of piperidine rings is 1. The molecule has 1 saturated heterocycles. The predicted molar refractivity (Wildman–Crippen MR) is 94.9 cm³/mol. The summed E-state index contributed by atoms with van der Waals surface area (Å²) in [5.41, 5.74) is 3.74. The van der Waals surface area contributed by atoms with Crippen LogP contribution in [-0.2, 0) is 0 Å². The Morgan fingerprint density at radius 2 is 1.57 bits per heavy atom. The first-order valence-electron chi connectivity index (χ1n) is 8.60. The lowest BCUT2D eigenvalue weighted by Crippen LogP contribution is -2.38. The second kappa shape index (κ2) is 6.99. The minimum atomic E-state index is 0.168. The van der Waals surface area contributed by atoms with E-state index >= 15 is 0 Å². The summed E-state index contributed by atoms with van der Waals surface area (Å²) in [6.45, 7) is 6.22. The molecule has 0 N–H and O–H groups in total. The van der Waals surface area contributed by atoms with Gasteiger partial charge in [-0.3, -0.25) is 4.79 Å². The van der Waals surface area contributed by atoms with Crippen molar-refractivity contribution in [3.05, 3.63) is 71.3 Å². The highest BCUT2D eigenvalue weighted by Gasteiger charge is 2.26. The molecule has 0 spiro atoms. The monoisotopic (exact) mass is 307 g/mol. The smallest absolute Gasteiger partial charge is 0.253 e. The maximum absolute atomic E-state index is 12.5. The average Bonchev–Trinajstić information content (AvgIpc) is 2.62. The second-order valence-electron chi connectivity index (χ2n) is 6.72. The first-order valence-corrected chi connectivity index (χ1v) is 8.60. The third-order valence-electron chi connectivity index (χ3n) is 4.86. The van der Waals surface area contributed by atoms with Gasteiger partial charge in [-0.25, -0.2) is 0 Å². The van der Waals surface area contributed by atoms with Gasteiger partial charge in [-0.15, -0.1) is 0 Å². The number of amides is 1. The lowest BCUT2D eigenvalue weighted by atomic mass is 9.83. The van der Waals surface area contributed by atoms with Gasteiger partial charge in [0.05, 0.1) is 0 Å². The van der Waals surface area contributed by atoms with Crippen molar-refractivity contribution in [2.75, 3.05) is 13.1 Å². The van der Waals surface area contributed by atoms with Crippen LogP contribution >= 0.6 is 0 Å². The Hall–Kier alpha value is -2.09. The topological polar surface area (TPSA) is 20.3 Å². The molecule has 0 atom stereocenters. The van der Waals surface area contributed by atoms with E-state index < -0.39 is 0 Å². The highest BCUT2D eigenvalue weighted by molar-refractivity contribution is 5.94. The molecule has 0 aromatic heterocycles. The maximum atomic E-state index is 12.5. The van der Waals surface area contributed by atoms with Crippen LogP contribution in [0.15, 0.2) is 54.6 Å². The van der Waals surface area contributed by atoms with Gasteiger partial charge < -0.3 is 4.90 Å². The van der Waals surface area contributed by atoms with Crippen molar-refractivity contribution in [1.29, 1.82) is 0 Å². The van der Waals surface area contributed by atoms with Crippen molar-refractivity contribution in [3.8, 4) is 0 Å². The lowest BCUT2D eigenvalue weighted by Gasteiger charge is -2.33. The summed E-state index contributed by atoms with van der Waals surface area (Å²) >= 11 is 0. The molecule has 3 rings (SSSR count). The predicted octanol–water partition coefficient (Wildman–Crippen LogP) is 4.83. The Morgan fingerprint density at radius 1 is 0.957 bits per heavy atom. The van der Waals surface area contributed by atoms with Gasteiger partial charge in [-0.1, -0.05) is 56.3 Å².